The Bertz CT molecular complexity index is 6920. The summed E-state index contributed by atoms with van der Waals surface area (Å²) >= 11 is 0. The topological polar surface area (TPSA) is 16.3 Å². The minimum absolute atomic E-state index is 0.0116. The molecule has 0 radical (unpaired) electrons. The number of rotatable bonds is 14. The van der Waals surface area contributed by atoms with Gasteiger partial charge in [-0.1, -0.05) is 279 Å². The van der Waals surface area contributed by atoms with Crippen molar-refractivity contribution in [1.82, 2.24) is 9.13 Å². The van der Waals surface area contributed by atoms with E-state index >= 15 is 0 Å². The molecule has 2 heterocycles. The first-order valence-electron chi connectivity index (χ1n) is 41.3. The van der Waals surface area contributed by atoms with Gasteiger partial charge in [-0.2, -0.15) is 0 Å². The molecule has 0 unspecified atom stereocenters. The van der Waals surface area contributed by atoms with Crippen LogP contribution in [0.3, 0.4) is 0 Å². The molecule has 0 aliphatic heterocycles. The van der Waals surface area contributed by atoms with E-state index in [1.165, 1.54) is 4.90 Å². The summed E-state index contributed by atoms with van der Waals surface area (Å²) in [4.78, 5) is 3.11. The minimum Gasteiger partial charge on any atom is -0.310 e. The zero-order chi connectivity index (χ0) is 81.4. The fourth-order valence-electron chi connectivity index (χ4n) is 13.2. The summed E-state index contributed by atoms with van der Waals surface area (Å²) < 4.78 is 159. The predicted octanol–water partition coefficient (Wildman–Crippen LogP) is 26.5. The molecule has 472 valence electrons. The van der Waals surface area contributed by atoms with Crippen LogP contribution < -0.4 is 9.80 Å². The van der Waals surface area contributed by atoms with Crippen molar-refractivity contribution in [3.63, 3.8) is 0 Å². The molecule has 0 aliphatic rings. The summed E-state index contributed by atoms with van der Waals surface area (Å²) in [6, 6.07) is 91.4. The third kappa shape index (κ3) is 12.0. The van der Waals surface area contributed by atoms with Gasteiger partial charge in [0.15, 0.2) is 0 Å². The van der Waals surface area contributed by atoms with Crippen molar-refractivity contribution in [1.29, 1.82) is 0 Å². The molecule has 16 aromatic carbocycles. The number of aromatic nitrogens is 2. The van der Waals surface area contributed by atoms with Crippen molar-refractivity contribution < 1.29 is 23.3 Å². The lowest BCUT2D eigenvalue weighted by Gasteiger charge is -2.27. The molecule has 0 saturated heterocycles. The smallest absolute Gasteiger partial charge is 0.0651 e. The van der Waals surface area contributed by atoms with Gasteiger partial charge >= 0.3 is 0 Å². The van der Waals surface area contributed by atoms with Crippen LogP contribution >= 0.6 is 0 Å². The van der Waals surface area contributed by atoms with Crippen LogP contribution in [-0.2, 0) is 0 Å². The van der Waals surface area contributed by atoms with Gasteiger partial charge in [-0.3, -0.25) is 0 Å². The van der Waals surface area contributed by atoms with Crippen LogP contribution in [0.15, 0.2) is 412 Å². The number of para-hydroxylation sites is 4. The second-order valence-corrected chi connectivity index (χ2v) is 23.9. The van der Waals surface area contributed by atoms with Crippen molar-refractivity contribution >= 4 is 77.7 Å². The molecule has 0 bridgehead atoms. The lowest BCUT2D eigenvalue weighted by atomic mass is 10.0. The van der Waals surface area contributed by atoms with E-state index < -0.39 is 95.4 Å². The number of hydrogen-bond donors (Lipinski definition) is 0. The van der Waals surface area contributed by atoms with E-state index in [0.29, 0.717) is 16.7 Å². The van der Waals surface area contributed by atoms with Crippen LogP contribution in [0.25, 0.3) is 122 Å². The molecule has 0 spiro atoms. The van der Waals surface area contributed by atoms with Gasteiger partial charge in [-0.15, -0.1) is 0 Å². The highest BCUT2D eigenvalue weighted by Crippen LogP contribution is 2.44. The largest absolute Gasteiger partial charge is 0.310 e. The third-order valence-electron chi connectivity index (χ3n) is 17.9. The second-order valence-electron chi connectivity index (χ2n) is 23.9. The summed E-state index contributed by atoms with van der Waals surface area (Å²) in [5.41, 5.74) is 13.1. The Hall–Kier alpha value is -13.3. The average molecular weight is 1290 g/mol. The zero-order valence-corrected chi connectivity index (χ0v) is 53.7. The fourth-order valence-corrected chi connectivity index (χ4v) is 13.2. The number of nitrogens with zero attached hydrogens (tertiary/aromatic N) is 4. The fraction of sp³-hybridized carbons (Fsp3) is 0. The first-order valence-corrected chi connectivity index (χ1v) is 32.8. The Kier molecular flexibility index (Phi) is 12.0. The molecule has 18 rings (SSSR count). The van der Waals surface area contributed by atoms with Crippen LogP contribution in [0.4, 0.5) is 34.1 Å². The van der Waals surface area contributed by atoms with E-state index in [1.807, 2.05) is 229 Å². The number of benzene rings is 16. The van der Waals surface area contributed by atoms with Crippen LogP contribution in [0.5, 0.6) is 0 Å². The Balaban J connectivity index is 0.000000170. The first kappa shape index (κ1) is 44.5. The highest BCUT2D eigenvalue weighted by molar-refractivity contribution is 6.12. The third-order valence-corrected chi connectivity index (χ3v) is 17.9. The maximum absolute atomic E-state index is 9.87. The monoisotopic (exact) mass is 1290 g/mol. The van der Waals surface area contributed by atoms with E-state index in [-0.39, 0.29) is 46.8 Å². The lowest BCUT2D eigenvalue weighted by molar-refractivity contribution is 1.18. The second kappa shape index (κ2) is 27.1. The maximum atomic E-state index is 9.87. The Morgan fingerprint density at radius 1 is 0.190 bits per heavy atom. The highest BCUT2D eigenvalue weighted by Gasteiger charge is 2.20. The zero-order valence-electron chi connectivity index (χ0n) is 70.7. The van der Waals surface area contributed by atoms with Crippen LogP contribution in [0, 0.1) is 0 Å². The van der Waals surface area contributed by atoms with Crippen molar-refractivity contribution in [3.8, 4) is 78.1 Å². The SMILES string of the molecule is [2H]c1c([2H])c(-c2ccc3c(c2)c2ccccc2n3-c2ccccc2)c([2H])c(N(c2ccc(-c3ccccc3)cc2)c2cccc(-c3ccccc3)c2)c1[2H].[2H]c1c([2H])c([2H])c(-c2c([2H])c([2H])c([2H])c(N(c3ccc(-c4ccccc4)cc3)c3c([2H])c([2H])c([2H])c(-c4ccc5c(c4)c4ccccc4n5-c4ccccc4)c3[2H])c2[2H])c([2H])c1[2H]. The van der Waals surface area contributed by atoms with Gasteiger partial charge in [0.1, 0.15) is 0 Å². The Labute approximate surface area is 607 Å². The van der Waals surface area contributed by atoms with Crippen molar-refractivity contribution in [2.45, 2.75) is 0 Å². The molecule has 100 heavy (non-hydrogen) atoms. The molecule has 18 aromatic rings. The first-order chi connectivity index (χ1) is 56.7. The van der Waals surface area contributed by atoms with Gasteiger partial charge in [-0.25, -0.2) is 0 Å². The molecule has 0 amide bonds. The normalized spacial score (nSPS) is 13.6. The van der Waals surface area contributed by atoms with E-state index in [2.05, 4.69) is 63.7 Å². The molecule has 4 heteroatoms. The van der Waals surface area contributed by atoms with Gasteiger partial charge in [0.2, 0.25) is 0 Å². The van der Waals surface area contributed by atoms with Crippen molar-refractivity contribution in [2.75, 3.05) is 9.80 Å². The lowest BCUT2D eigenvalue weighted by Crippen LogP contribution is -2.10. The van der Waals surface area contributed by atoms with Gasteiger partial charge in [-0.05, 0) is 200 Å². The van der Waals surface area contributed by atoms with Crippen LogP contribution in [0.2, 0.25) is 0 Å². The molecule has 0 N–H and O–H groups in total. The number of anilines is 6. The molecule has 0 fully saturated rings. The van der Waals surface area contributed by atoms with Crippen LogP contribution in [0.1, 0.15) is 23.3 Å². The molecular formula is C96H68N4. The summed E-state index contributed by atoms with van der Waals surface area (Å²) in [5.74, 6) is 0. The van der Waals surface area contributed by atoms with Crippen molar-refractivity contribution in [3.05, 3.63) is 412 Å². The molecule has 4 nitrogen and oxygen atoms in total. The minimum atomic E-state index is -0.740. The van der Waals surface area contributed by atoms with Gasteiger partial charge in [0, 0.05) is 67.0 Å². The summed E-state index contributed by atoms with van der Waals surface area (Å²) in [6.07, 6.45) is 0. The molecule has 0 aliphatic carbocycles. The van der Waals surface area contributed by atoms with Gasteiger partial charge < -0.3 is 18.9 Å². The highest BCUT2D eigenvalue weighted by atomic mass is 15.1. The number of hydrogen-bond acceptors (Lipinski definition) is 2. The van der Waals surface area contributed by atoms with Crippen molar-refractivity contribution in [2.24, 2.45) is 0 Å². The molecular weight excluding hydrogens is 1210 g/mol. The van der Waals surface area contributed by atoms with E-state index in [1.54, 1.807) is 30.3 Å². The van der Waals surface area contributed by atoms with Crippen LogP contribution in [-0.4, -0.2) is 9.13 Å². The molecule has 0 atom stereocenters. The van der Waals surface area contributed by atoms with E-state index in [4.69, 9.17) is 11.0 Å². The molecule has 2 aromatic heterocycles. The average Bonchev–Trinajstić information content (AvgIpc) is 1.38. The van der Waals surface area contributed by atoms with E-state index in [9.17, 15) is 12.3 Å². The Morgan fingerprint density at radius 2 is 0.510 bits per heavy atom. The summed E-state index contributed by atoms with van der Waals surface area (Å²) in [5, 5.41) is 3.74. The quantitative estimate of drug-likeness (QED) is 0.108. The summed E-state index contributed by atoms with van der Waals surface area (Å²) in [7, 11) is 0. The van der Waals surface area contributed by atoms with Gasteiger partial charge in [0.05, 0.1) is 45.4 Å². The van der Waals surface area contributed by atoms with Gasteiger partial charge in [0.25, 0.3) is 0 Å². The summed E-state index contributed by atoms with van der Waals surface area (Å²) in [6.45, 7) is 0. The Morgan fingerprint density at radius 3 is 0.950 bits per heavy atom. The number of fused-ring (bicyclic) bond motifs is 6. The maximum Gasteiger partial charge on any atom is 0.0651 e. The predicted molar refractivity (Wildman–Crippen MR) is 424 cm³/mol. The molecule has 0 saturated carbocycles. The standard InChI is InChI=1S/2C48H34N2/c2*1-4-14-35(15-5-1)37-26-29-42(30-27-37)49(43-22-12-18-38(32-43)36-16-6-2-7-17-36)44-23-13-19-39(33-44)40-28-31-48-46(34-40)45-24-10-11-25-47(45)50(48)41-20-8-3-9-21-41/h2*1-34H/i2D,6D,7D,12D,13D,16D,17D,18D,19D,22D,23D,32D,33D;13D,19D,23D,33D. The van der Waals surface area contributed by atoms with E-state index in [0.717, 1.165) is 99.7 Å².